The second-order valence-corrected chi connectivity index (χ2v) is 15.3. The third-order valence-corrected chi connectivity index (χ3v) is 9.72. The van der Waals surface area contributed by atoms with Crippen molar-refractivity contribution in [3.63, 3.8) is 0 Å². The highest BCUT2D eigenvalue weighted by molar-refractivity contribution is 7.47. The first-order valence-electron chi connectivity index (χ1n) is 21.1. The van der Waals surface area contributed by atoms with Crippen molar-refractivity contribution >= 4 is 19.8 Å². The molecule has 9 nitrogen and oxygen atoms in total. The number of phosphoric ester groups is 1. The Morgan fingerprint density at radius 2 is 1.02 bits per heavy atom. The first-order chi connectivity index (χ1) is 25.8. The molecule has 308 valence electrons. The zero-order chi connectivity index (χ0) is 38.9. The van der Waals surface area contributed by atoms with Crippen molar-refractivity contribution in [3.8, 4) is 0 Å². The van der Waals surface area contributed by atoms with Gasteiger partial charge in [-0.15, -0.1) is 0 Å². The summed E-state index contributed by atoms with van der Waals surface area (Å²) < 4.78 is 32.6. The molecule has 0 rings (SSSR count). The fourth-order valence-corrected chi connectivity index (χ4v) is 6.35. The number of ether oxygens (including phenoxy) is 2. The van der Waals surface area contributed by atoms with E-state index in [1.54, 1.807) is 0 Å². The lowest BCUT2D eigenvalue weighted by molar-refractivity contribution is -0.161. The fourth-order valence-electron chi connectivity index (χ4n) is 5.58. The molecule has 0 aliphatic heterocycles. The zero-order valence-corrected chi connectivity index (χ0v) is 34.6. The molecule has 3 N–H and O–H groups in total. The van der Waals surface area contributed by atoms with Crippen LogP contribution in [0.5, 0.6) is 0 Å². The van der Waals surface area contributed by atoms with Gasteiger partial charge in [0.1, 0.15) is 6.61 Å². The number of unbranched alkanes of at least 4 members (excludes halogenated alkanes) is 18. The van der Waals surface area contributed by atoms with Crippen LogP contribution in [0.4, 0.5) is 0 Å². The second kappa shape index (κ2) is 39.7. The Morgan fingerprint density at radius 1 is 0.566 bits per heavy atom. The third-order valence-electron chi connectivity index (χ3n) is 8.73. The number of rotatable bonds is 39. The van der Waals surface area contributed by atoms with Gasteiger partial charge in [-0.25, -0.2) is 4.57 Å². The number of phosphoric acid groups is 1. The van der Waals surface area contributed by atoms with Crippen molar-refractivity contribution < 1.29 is 37.6 Å². The van der Waals surface area contributed by atoms with Crippen molar-refractivity contribution in [1.82, 2.24) is 0 Å². The number of carbonyl (C=O) groups is 2. The predicted octanol–water partition coefficient (Wildman–Crippen LogP) is 11.9. The van der Waals surface area contributed by atoms with Crippen LogP contribution in [-0.2, 0) is 32.7 Å². The van der Waals surface area contributed by atoms with E-state index in [4.69, 9.17) is 24.3 Å². The Bertz CT molecular complexity index is 1010. The first-order valence-corrected chi connectivity index (χ1v) is 22.6. The number of hydrogen-bond acceptors (Lipinski definition) is 8. The van der Waals surface area contributed by atoms with Crippen LogP contribution in [0.15, 0.2) is 48.6 Å². The molecule has 0 radical (unpaired) electrons. The SMILES string of the molecule is CCCCCC/C=C\C/C=C\C/C=C\C/C=C\CCC(=O)OC(COC(=O)CCCCCCCCCCCCCCCCC)COP(=O)(O)OCCN. The molecule has 0 saturated carbocycles. The lowest BCUT2D eigenvalue weighted by atomic mass is 10.0. The van der Waals surface area contributed by atoms with E-state index < -0.39 is 32.5 Å². The molecular weight excluding hydrogens is 689 g/mol. The molecule has 2 unspecified atom stereocenters. The molecule has 0 aliphatic carbocycles. The molecule has 0 aliphatic rings. The van der Waals surface area contributed by atoms with Crippen LogP contribution in [0, 0.1) is 0 Å². The van der Waals surface area contributed by atoms with Gasteiger partial charge in [-0.2, -0.15) is 0 Å². The van der Waals surface area contributed by atoms with Crippen molar-refractivity contribution in [3.05, 3.63) is 48.6 Å². The van der Waals surface area contributed by atoms with Gasteiger partial charge >= 0.3 is 19.8 Å². The molecule has 53 heavy (non-hydrogen) atoms. The van der Waals surface area contributed by atoms with E-state index in [-0.39, 0.29) is 32.6 Å². The molecule has 0 fully saturated rings. The molecule has 0 amide bonds. The van der Waals surface area contributed by atoms with E-state index >= 15 is 0 Å². The molecule has 0 saturated heterocycles. The molecule has 0 aromatic heterocycles. The first kappa shape index (κ1) is 51.0. The summed E-state index contributed by atoms with van der Waals surface area (Å²) in [4.78, 5) is 34.8. The summed E-state index contributed by atoms with van der Waals surface area (Å²) in [6, 6.07) is 0. The van der Waals surface area contributed by atoms with Crippen LogP contribution in [0.3, 0.4) is 0 Å². The number of hydrogen-bond donors (Lipinski definition) is 2. The maximum atomic E-state index is 12.5. The van der Waals surface area contributed by atoms with Gasteiger partial charge in [0, 0.05) is 19.4 Å². The highest BCUT2D eigenvalue weighted by Gasteiger charge is 2.25. The standard InChI is InChI=1S/C43H78NO8P/c1-3-5-7-9-11-13-15-17-19-20-22-24-26-28-30-32-34-36-43(46)52-41(40-51-53(47,48)50-38-37-44)39-49-42(45)35-33-31-29-27-25-23-21-18-16-14-12-10-8-6-4-2/h13,15,19-20,24,26,30,32,41H,3-12,14,16-18,21-23,25,27-29,31,33-40,44H2,1-2H3,(H,47,48)/b15-13-,20-19-,26-24-,32-30-. The Balaban J connectivity index is 4.28. The summed E-state index contributed by atoms with van der Waals surface area (Å²) >= 11 is 0. The van der Waals surface area contributed by atoms with Gasteiger partial charge in [-0.05, 0) is 44.9 Å². The molecule has 0 heterocycles. The smallest absolute Gasteiger partial charge is 0.462 e. The van der Waals surface area contributed by atoms with Crippen LogP contribution in [0.2, 0.25) is 0 Å². The lowest BCUT2D eigenvalue weighted by Gasteiger charge is -2.19. The molecule has 0 aromatic rings. The summed E-state index contributed by atoms with van der Waals surface area (Å²) in [6.45, 7) is 3.63. The minimum atomic E-state index is -4.39. The normalized spacial score (nSPS) is 13.8. The Kier molecular flexibility index (Phi) is 38.1. The average molecular weight is 768 g/mol. The highest BCUT2D eigenvalue weighted by Crippen LogP contribution is 2.43. The molecule has 0 bridgehead atoms. The lowest BCUT2D eigenvalue weighted by Crippen LogP contribution is -2.29. The zero-order valence-electron chi connectivity index (χ0n) is 33.7. The van der Waals surface area contributed by atoms with Crippen molar-refractivity contribution in [2.45, 2.75) is 187 Å². The molecule has 10 heteroatoms. The number of nitrogens with two attached hydrogens (primary N) is 1. The summed E-state index contributed by atoms with van der Waals surface area (Å²) in [5.74, 6) is -0.920. The van der Waals surface area contributed by atoms with E-state index in [0.29, 0.717) is 6.42 Å². The number of allylic oxidation sites excluding steroid dienone is 8. The van der Waals surface area contributed by atoms with E-state index in [0.717, 1.165) is 38.5 Å². The minimum absolute atomic E-state index is 0.0424. The van der Waals surface area contributed by atoms with Gasteiger partial charge in [-0.3, -0.25) is 18.6 Å². The van der Waals surface area contributed by atoms with E-state index in [2.05, 4.69) is 50.3 Å². The van der Waals surface area contributed by atoms with Crippen LogP contribution in [-0.4, -0.2) is 49.3 Å². The van der Waals surface area contributed by atoms with Gasteiger partial charge < -0.3 is 20.1 Å². The largest absolute Gasteiger partial charge is 0.472 e. The van der Waals surface area contributed by atoms with Gasteiger partial charge in [-0.1, -0.05) is 172 Å². The Hall–Kier alpha value is -2.03. The Labute approximate surface area is 324 Å². The maximum absolute atomic E-state index is 12.5. The van der Waals surface area contributed by atoms with Crippen molar-refractivity contribution in [1.29, 1.82) is 0 Å². The molecule has 2 atom stereocenters. The number of esters is 2. The van der Waals surface area contributed by atoms with Gasteiger partial charge in [0.25, 0.3) is 0 Å². The highest BCUT2D eigenvalue weighted by atomic mass is 31.2. The maximum Gasteiger partial charge on any atom is 0.472 e. The van der Waals surface area contributed by atoms with E-state index in [1.807, 2.05) is 12.2 Å². The van der Waals surface area contributed by atoms with E-state index in [1.165, 1.54) is 109 Å². The molecular formula is C43H78NO8P. The quantitative estimate of drug-likeness (QED) is 0.0271. The van der Waals surface area contributed by atoms with Gasteiger partial charge in [0.15, 0.2) is 6.10 Å². The monoisotopic (exact) mass is 768 g/mol. The summed E-state index contributed by atoms with van der Waals surface area (Å²) in [5, 5.41) is 0. The summed E-state index contributed by atoms with van der Waals surface area (Å²) in [6.07, 6.45) is 44.4. The van der Waals surface area contributed by atoms with Crippen LogP contribution >= 0.6 is 7.82 Å². The van der Waals surface area contributed by atoms with E-state index in [9.17, 15) is 19.0 Å². The summed E-state index contributed by atoms with van der Waals surface area (Å²) in [7, 11) is -4.39. The van der Waals surface area contributed by atoms with Gasteiger partial charge in [0.2, 0.25) is 0 Å². The van der Waals surface area contributed by atoms with Crippen molar-refractivity contribution in [2.24, 2.45) is 5.73 Å². The fraction of sp³-hybridized carbons (Fsp3) is 0.767. The summed E-state index contributed by atoms with van der Waals surface area (Å²) in [5.41, 5.74) is 5.34. The predicted molar refractivity (Wildman–Crippen MR) is 220 cm³/mol. The van der Waals surface area contributed by atoms with Crippen molar-refractivity contribution in [2.75, 3.05) is 26.4 Å². The second-order valence-electron chi connectivity index (χ2n) is 13.9. The van der Waals surface area contributed by atoms with Gasteiger partial charge in [0.05, 0.1) is 13.2 Å². The molecule has 0 aromatic carbocycles. The topological polar surface area (TPSA) is 134 Å². The minimum Gasteiger partial charge on any atom is -0.462 e. The van der Waals surface area contributed by atoms with Crippen LogP contribution in [0.25, 0.3) is 0 Å². The van der Waals surface area contributed by atoms with Crippen LogP contribution < -0.4 is 5.73 Å². The molecule has 0 spiro atoms. The average Bonchev–Trinajstić information content (AvgIpc) is 3.14. The Morgan fingerprint density at radius 3 is 1.53 bits per heavy atom. The third kappa shape index (κ3) is 39.5. The number of carbonyl (C=O) groups excluding carboxylic acids is 2. The van der Waals surface area contributed by atoms with Crippen LogP contribution in [0.1, 0.15) is 181 Å².